The second-order valence-corrected chi connectivity index (χ2v) is 13.1. The molecule has 3 heterocycles. The highest BCUT2D eigenvalue weighted by Crippen LogP contribution is 2.50. The fourth-order valence-corrected chi connectivity index (χ4v) is 8.18. The molecule has 2 aromatic heterocycles. The molecule has 0 fully saturated rings. The Hall–Kier alpha value is -6.04. The lowest BCUT2D eigenvalue weighted by atomic mass is 9.95. The lowest BCUT2D eigenvalue weighted by molar-refractivity contribution is 1.07. The second kappa shape index (κ2) is 10.8. The van der Waals surface area contributed by atoms with E-state index in [0.29, 0.717) is 17.5 Å². The minimum absolute atomic E-state index is 0.660. The number of para-hydroxylation sites is 2. The molecule has 10 rings (SSSR count). The molecule has 224 valence electrons. The molecule has 0 atom stereocenters. The van der Waals surface area contributed by atoms with Crippen molar-refractivity contribution in [3.63, 3.8) is 0 Å². The van der Waals surface area contributed by atoms with E-state index >= 15 is 0 Å². The number of hydrogen-bond acceptors (Lipinski definition) is 4. The quantitative estimate of drug-likeness (QED) is 0.194. The third kappa shape index (κ3) is 4.21. The first-order valence-electron chi connectivity index (χ1n) is 16.0. The molecule has 0 bridgehead atoms. The number of nitrogens with zero attached hydrogens (tertiary/aromatic N) is 4. The summed E-state index contributed by atoms with van der Waals surface area (Å²) >= 11 is 1.83. The van der Waals surface area contributed by atoms with Crippen molar-refractivity contribution in [1.29, 1.82) is 0 Å². The summed E-state index contributed by atoms with van der Waals surface area (Å²) < 4.78 is 2.42. The third-order valence-corrected chi connectivity index (χ3v) is 10.4. The maximum Gasteiger partial charge on any atom is 0.164 e. The summed E-state index contributed by atoms with van der Waals surface area (Å²) in [5.41, 5.74) is 8.91. The van der Waals surface area contributed by atoms with Crippen LogP contribution in [0.5, 0.6) is 0 Å². The number of fused-ring (bicyclic) bond motifs is 5. The average Bonchev–Trinajstić information content (AvgIpc) is 3.50. The second-order valence-electron chi connectivity index (χ2n) is 12.0. The van der Waals surface area contributed by atoms with Gasteiger partial charge in [-0.3, -0.25) is 0 Å². The van der Waals surface area contributed by atoms with E-state index in [1.54, 1.807) is 0 Å². The highest BCUT2D eigenvalue weighted by Gasteiger charge is 2.23. The van der Waals surface area contributed by atoms with Crippen LogP contribution in [0.2, 0.25) is 0 Å². The number of hydrogen-bond donors (Lipinski definition) is 0. The number of rotatable bonds is 4. The summed E-state index contributed by atoms with van der Waals surface area (Å²) in [6.45, 7) is 0. The Bertz CT molecular complexity index is 2590. The molecule has 0 saturated carbocycles. The number of aromatic nitrogens is 4. The van der Waals surface area contributed by atoms with E-state index in [1.165, 1.54) is 59.2 Å². The van der Waals surface area contributed by atoms with Crippen LogP contribution in [0.3, 0.4) is 0 Å². The highest BCUT2D eigenvalue weighted by molar-refractivity contribution is 7.99. The van der Waals surface area contributed by atoms with Gasteiger partial charge in [-0.05, 0) is 47.5 Å². The van der Waals surface area contributed by atoms with E-state index < -0.39 is 0 Å². The molecule has 5 heteroatoms. The fraction of sp³-hybridized carbons (Fsp3) is 0. The zero-order chi connectivity index (χ0) is 31.6. The molecule has 1 aliphatic rings. The molecule has 0 unspecified atom stereocenters. The molecular formula is C43H26N4S. The fourth-order valence-electron chi connectivity index (χ4n) is 7.07. The Morgan fingerprint density at radius 2 is 0.938 bits per heavy atom. The lowest BCUT2D eigenvalue weighted by Crippen LogP contribution is -2.01. The van der Waals surface area contributed by atoms with Gasteiger partial charge in [0.2, 0.25) is 0 Å². The predicted molar refractivity (Wildman–Crippen MR) is 198 cm³/mol. The van der Waals surface area contributed by atoms with Gasteiger partial charge in [0.1, 0.15) is 0 Å². The zero-order valence-electron chi connectivity index (χ0n) is 25.7. The van der Waals surface area contributed by atoms with E-state index in [0.717, 1.165) is 16.7 Å². The summed E-state index contributed by atoms with van der Waals surface area (Å²) in [5, 5.41) is 5.04. The van der Waals surface area contributed by atoms with E-state index in [9.17, 15) is 0 Å². The van der Waals surface area contributed by atoms with Gasteiger partial charge in [-0.25, -0.2) is 15.0 Å². The lowest BCUT2D eigenvalue weighted by Gasteiger charge is -2.23. The first kappa shape index (κ1) is 27.1. The van der Waals surface area contributed by atoms with Crippen molar-refractivity contribution in [3.8, 4) is 51.0 Å². The SMILES string of the molecule is c1ccc(-c2nc(-c3ccccc3)nc(-c3ccc4c(c3)-c3cccc5c(-n6c7ccccc7c7ccccc76)ccc(c35)S4)n2)cc1. The van der Waals surface area contributed by atoms with Crippen molar-refractivity contribution >= 4 is 44.3 Å². The molecule has 0 saturated heterocycles. The smallest absolute Gasteiger partial charge is 0.164 e. The van der Waals surface area contributed by atoms with Crippen molar-refractivity contribution in [2.75, 3.05) is 0 Å². The summed E-state index contributed by atoms with van der Waals surface area (Å²) in [5.74, 6) is 1.98. The Morgan fingerprint density at radius 1 is 0.396 bits per heavy atom. The van der Waals surface area contributed by atoms with Crippen LogP contribution in [0.25, 0.3) is 83.6 Å². The summed E-state index contributed by atoms with van der Waals surface area (Å²) in [6, 6.07) is 55.6. The summed E-state index contributed by atoms with van der Waals surface area (Å²) in [6.07, 6.45) is 0. The van der Waals surface area contributed by atoms with Gasteiger partial charge in [0.15, 0.2) is 17.5 Å². The van der Waals surface area contributed by atoms with Gasteiger partial charge in [-0.1, -0.05) is 133 Å². The maximum atomic E-state index is 5.02. The molecule has 0 amide bonds. The topological polar surface area (TPSA) is 43.6 Å². The van der Waals surface area contributed by atoms with Gasteiger partial charge >= 0.3 is 0 Å². The molecule has 1 aliphatic heterocycles. The minimum atomic E-state index is 0.660. The van der Waals surface area contributed by atoms with Crippen LogP contribution in [0.15, 0.2) is 168 Å². The monoisotopic (exact) mass is 630 g/mol. The van der Waals surface area contributed by atoms with E-state index in [2.05, 4.69) is 102 Å². The molecule has 7 aromatic carbocycles. The normalized spacial score (nSPS) is 12.1. The van der Waals surface area contributed by atoms with Crippen LogP contribution in [0, 0.1) is 0 Å². The average molecular weight is 631 g/mol. The van der Waals surface area contributed by atoms with Crippen molar-refractivity contribution in [2.24, 2.45) is 0 Å². The Kier molecular flexibility index (Phi) is 6.08. The van der Waals surface area contributed by atoms with Crippen molar-refractivity contribution in [2.45, 2.75) is 9.79 Å². The number of benzene rings is 7. The van der Waals surface area contributed by atoms with Gasteiger partial charge in [-0.2, -0.15) is 0 Å². The van der Waals surface area contributed by atoms with Crippen molar-refractivity contribution < 1.29 is 0 Å². The van der Waals surface area contributed by atoms with Gasteiger partial charge in [0, 0.05) is 48.0 Å². The molecule has 9 aromatic rings. The summed E-state index contributed by atoms with van der Waals surface area (Å²) in [7, 11) is 0. The first-order valence-corrected chi connectivity index (χ1v) is 16.9. The third-order valence-electron chi connectivity index (χ3n) is 9.25. The van der Waals surface area contributed by atoms with Gasteiger partial charge in [-0.15, -0.1) is 0 Å². The Morgan fingerprint density at radius 3 is 1.58 bits per heavy atom. The molecular weight excluding hydrogens is 605 g/mol. The van der Waals surface area contributed by atoms with Gasteiger partial charge < -0.3 is 4.57 Å². The first-order chi connectivity index (χ1) is 23.8. The molecule has 0 radical (unpaired) electrons. The van der Waals surface area contributed by atoms with E-state index in [-0.39, 0.29) is 0 Å². The molecule has 4 nitrogen and oxygen atoms in total. The van der Waals surface area contributed by atoms with Crippen molar-refractivity contribution in [3.05, 3.63) is 158 Å². The van der Waals surface area contributed by atoms with Crippen LogP contribution in [0.1, 0.15) is 0 Å². The van der Waals surface area contributed by atoms with Crippen LogP contribution in [-0.4, -0.2) is 19.5 Å². The van der Waals surface area contributed by atoms with Crippen molar-refractivity contribution in [1.82, 2.24) is 19.5 Å². The van der Waals surface area contributed by atoms with Gasteiger partial charge in [0.25, 0.3) is 0 Å². The minimum Gasteiger partial charge on any atom is -0.309 e. The maximum absolute atomic E-state index is 5.02. The Balaban J connectivity index is 1.17. The van der Waals surface area contributed by atoms with Gasteiger partial charge in [0.05, 0.1) is 16.7 Å². The zero-order valence-corrected chi connectivity index (χ0v) is 26.5. The van der Waals surface area contributed by atoms with Crippen LogP contribution in [-0.2, 0) is 0 Å². The Labute approximate surface area is 281 Å². The molecule has 48 heavy (non-hydrogen) atoms. The summed E-state index contributed by atoms with van der Waals surface area (Å²) in [4.78, 5) is 17.4. The van der Waals surface area contributed by atoms with E-state index in [4.69, 9.17) is 15.0 Å². The van der Waals surface area contributed by atoms with Crippen LogP contribution in [0.4, 0.5) is 0 Å². The standard InChI is InChI=1S/C43H26N4S/c1-3-12-27(13-4-1)41-44-42(28-14-5-2-6-15-28)46-43(45-41)29-22-24-38-34(26-29)32-18-11-19-33-37(23-25-39(48-38)40(32)33)47-35-20-9-7-16-30(35)31-17-8-10-21-36(31)47/h1-26H. The predicted octanol–water partition coefficient (Wildman–Crippen LogP) is 11.3. The highest BCUT2D eigenvalue weighted by atomic mass is 32.2. The van der Waals surface area contributed by atoms with E-state index in [1.807, 2.05) is 72.4 Å². The molecule has 0 N–H and O–H groups in total. The largest absolute Gasteiger partial charge is 0.309 e. The van der Waals surface area contributed by atoms with Crippen LogP contribution < -0.4 is 0 Å². The van der Waals surface area contributed by atoms with Crippen LogP contribution >= 0.6 is 11.8 Å². The molecule has 0 spiro atoms. The molecule has 0 aliphatic carbocycles.